The second-order valence-electron chi connectivity index (χ2n) is 9.09. The lowest BCUT2D eigenvalue weighted by Gasteiger charge is -2.17. The van der Waals surface area contributed by atoms with Crippen LogP contribution in [0.15, 0.2) is 35.5 Å². The summed E-state index contributed by atoms with van der Waals surface area (Å²) in [4.78, 5) is 36.2. The monoisotopic (exact) mass is 492 g/mol. The van der Waals surface area contributed by atoms with Crippen LogP contribution in [0.3, 0.4) is 0 Å². The van der Waals surface area contributed by atoms with Gasteiger partial charge in [-0.3, -0.25) is 14.4 Å². The van der Waals surface area contributed by atoms with Crippen molar-refractivity contribution in [2.75, 3.05) is 13.2 Å². The summed E-state index contributed by atoms with van der Waals surface area (Å²) in [5.41, 5.74) is 2.49. The molecule has 0 N–H and O–H groups in total. The van der Waals surface area contributed by atoms with Gasteiger partial charge in [0.15, 0.2) is 0 Å². The van der Waals surface area contributed by atoms with Crippen LogP contribution in [0.2, 0.25) is 0 Å². The molecule has 0 radical (unpaired) electrons. The van der Waals surface area contributed by atoms with Crippen molar-refractivity contribution in [1.29, 1.82) is 0 Å². The molecule has 0 amide bonds. The van der Waals surface area contributed by atoms with Crippen molar-refractivity contribution >= 4 is 17.9 Å². The maximum Gasteiger partial charge on any atom is 0.306 e. The first-order valence-corrected chi connectivity index (χ1v) is 13.2. The van der Waals surface area contributed by atoms with Crippen LogP contribution >= 0.6 is 0 Å². The number of unbranched alkanes of at least 4 members (excludes halogenated alkanes) is 2. The number of allylic oxidation sites excluding steroid dienone is 4. The van der Waals surface area contributed by atoms with E-state index in [9.17, 15) is 14.4 Å². The molecule has 0 aromatic carbocycles. The van der Waals surface area contributed by atoms with Crippen LogP contribution in [0.5, 0.6) is 0 Å². The smallest absolute Gasteiger partial charge is 0.306 e. The molecule has 0 bridgehead atoms. The average molecular weight is 493 g/mol. The van der Waals surface area contributed by atoms with Crippen LogP contribution in [0, 0.1) is 0 Å². The summed E-state index contributed by atoms with van der Waals surface area (Å²) in [5.74, 6) is -1.13. The zero-order chi connectivity index (χ0) is 26.3. The molecule has 0 saturated carbocycles. The quantitative estimate of drug-likeness (QED) is 0.0775. The fourth-order valence-electron chi connectivity index (χ4n) is 3.25. The molecule has 6 nitrogen and oxygen atoms in total. The minimum Gasteiger partial charge on any atom is -0.465 e. The Labute approximate surface area is 213 Å². The molecule has 0 aromatic heterocycles. The van der Waals surface area contributed by atoms with E-state index in [1.165, 1.54) is 11.1 Å². The standard InChI is InChI=1S/C29H48O6/c1-6-8-10-12-22-33-28(31)19-20-29(32)35-26(16-11-9-7-2)17-18-27(30)34-23-21-25(5)15-13-14-24(3)4/h8,10,14,21,26H,6-7,9,11-13,15-20,22-23H2,1-5H3/b10-8-,25-21?. The normalized spacial score (nSPS) is 12.3. The Morgan fingerprint density at radius 2 is 1.46 bits per heavy atom. The van der Waals surface area contributed by atoms with E-state index < -0.39 is 11.9 Å². The first-order valence-electron chi connectivity index (χ1n) is 13.2. The summed E-state index contributed by atoms with van der Waals surface area (Å²) >= 11 is 0. The molecule has 0 aliphatic heterocycles. The zero-order valence-corrected chi connectivity index (χ0v) is 22.7. The second-order valence-corrected chi connectivity index (χ2v) is 9.09. The molecule has 0 aliphatic carbocycles. The maximum atomic E-state index is 12.3. The van der Waals surface area contributed by atoms with Crippen LogP contribution in [-0.4, -0.2) is 37.2 Å². The van der Waals surface area contributed by atoms with Gasteiger partial charge in [0.2, 0.25) is 0 Å². The van der Waals surface area contributed by atoms with Crippen molar-refractivity contribution < 1.29 is 28.6 Å². The first kappa shape index (κ1) is 32.6. The van der Waals surface area contributed by atoms with Crippen LogP contribution in [0.1, 0.15) is 112 Å². The molecule has 0 fully saturated rings. The Balaban J connectivity index is 4.38. The van der Waals surface area contributed by atoms with Crippen molar-refractivity contribution in [3.8, 4) is 0 Å². The summed E-state index contributed by atoms with van der Waals surface area (Å²) in [6.07, 6.45) is 15.6. The van der Waals surface area contributed by atoms with Gasteiger partial charge in [-0.25, -0.2) is 0 Å². The van der Waals surface area contributed by atoms with Gasteiger partial charge in [-0.1, -0.05) is 56.1 Å². The predicted octanol–water partition coefficient (Wildman–Crippen LogP) is 7.17. The Bertz CT molecular complexity index is 685. The molecule has 200 valence electrons. The van der Waals surface area contributed by atoms with Gasteiger partial charge < -0.3 is 14.2 Å². The Kier molecular flexibility index (Phi) is 20.6. The highest BCUT2D eigenvalue weighted by atomic mass is 16.5. The molecule has 35 heavy (non-hydrogen) atoms. The van der Waals surface area contributed by atoms with E-state index in [1.54, 1.807) is 0 Å². The summed E-state index contributed by atoms with van der Waals surface area (Å²) in [7, 11) is 0. The second kappa shape index (κ2) is 22.1. The number of hydrogen-bond acceptors (Lipinski definition) is 6. The summed E-state index contributed by atoms with van der Waals surface area (Å²) < 4.78 is 16.0. The van der Waals surface area contributed by atoms with Gasteiger partial charge in [0.25, 0.3) is 0 Å². The van der Waals surface area contributed by atoms with E-state index >= 15 is 0 Å². The van der Waals surface area contributed by atoms with Gasteiger partial charge in [-0.05, 0) is 71.8 Å². The Hall–Kier alpha value is -2.37. The summed E-state index contributed by atoms with van der Waals surface area (Å²) in [6.45, 7) is 10.9. The fourth-order valence-corrected chi connectivity index (χ4v) is 3.25. The van der Waals surface area contributed by atoms with Crippen LogP contribution < -0.4 is 0 Å². The van der Waals surface area contributed by atoms with E-state index in [1.807, 2.05) is 32.1 Å². The maximum absolute atomic E-state index is 12.3. The minimum absolute atomic E-state index is 0.000646. The van der Waals surface area contributed by atoms with Gasteiger partial charge in [-0.15, -0.1) is 0 Å². The van der Waals surface area contributed by atoms with Gasteiger partial charge in [0, 0.05) is 6.42 Å². The largest absolute Gasteiger partial charge is 0.465 e. The Morgan fingerprint density at radius 1 is 0.743 bits per heavy atom. The topological polar surface area (TPSA) is 78.9 Å². The van der Waals surface area contributed by atoms with E-state index in [0.29, 0.717) is 25.9 Å². The SMILES string of the molecule is CC/C=C\CCOC(=O)CCC(=O)OC(CCCCC)CCC(=O)OCC=C(C)CCC=C(C)C. The van der Waals surface area contributed by atoms with Gasteiger partial charge in [0.1, 0.15) is 12.7 Å². The van der Waals surface area contributed by atoms with E-state index in [2.05, 4.69) is 26.8 Å². The molecular weight excluding hydrogens is 444 g/mol. The third-order valence-corrected chi connectivity index (χ3v) is 5.35. The molecule has 0 aromatic rings. The third-order valence-electron chi connectivity index (χ3n) is 5.35. The van der Waals surface area contributed by atoms with E-state index in [-0.39, 0.29) is 37.9 Å². The molecule has 0 aliphatic rings. The van der Waals surface area contributed by atoms with E-state index in [0.717, 1.165) is 38.5 Å². The van der Waals surface area contributed by atoms with Crippen molar-refractivity contribution in [3.05, 3.63) is 35.5 Å². The zero-order valence-electron chi connectivity index (χ0n) is 22.7. The number of carbonyl (C=O) groups is 3. The van der Waals surface area contributed by atoms with E-state index in [4.69, 9.17) is 14.2 Å². The summed E-state index contributed by atoms with van der Waals surface area (Å²) in [5, 5.41) is 0. The highest BCUT2D eigenvalue weighted by Gasteiger charge is 2.18. The summed E-state index contributed by atoms with van der Waals surface area (Å²) in [6, 6.07) is 0. The van der Waals surface area contributed by atoms with Crippen LogP contribution in [0.25, 0.3) is 0 Å². The number of carbonyl (C=O) groups excluding carboxylic acids is 3. The van der Waals surface area contributed by atoms with Crippen molar-refractivity contribution in [1.82, 2.24) is 0 Å². The molecular formula is C29H48O6. The third kappa shape index (κ3) is 21.9. The van der Waals surface area contributed by atoms with Gasteiger partial charge >= 0.3 is 17.9 Å². The number of ether oxygens (including phenoxy) is 3. The van der Waals surface area contributed by atoms with Crippen LogP contribution in [0.4, 0.5) is 0 Å². The fraction of sp³-hybridized carbons (Fsp3) is 0.690. The average Bonchev–Trinajstić information content (AvgIpc) is 2.81. The molecule has 0 rings (SSSR count). The minimum atomic E-state index is -0.433. The lowest BCUT2D eigenvalue weighted by molar-refractivity contribution is -0.155. The van der Waals surface area contributed by atoms with Crippen LogP contribution in [-0.2, 0) is 28.6 Å². The molecule has 6 heteroatoms. The molecule has 1 unspecified atom stereocenters. The number of rotatable bonds is 20. The highest BCUT2D eigenvalue weighted by Crippen LogP contribution is 2.15. The molecule has 1 atom stereocenters. The van der Waals surface area contributed by atoms with Crippen molar-refractivity contribution in [2.24, 2.45) is 0 Å². The van der Waals surface area contributed by atoms with Gasteiger partial charge in [-0.2, -0.15) is 0 Å². The number of esters is 3. The van der Waals surface area contributed by atoms with Crippen molar-refractivity contribution in [2.45, 2.75) is 118 Å². The molecule has 0 spiro atoms. The Morgan fingerprint density at radius 3 is 2.14 bits per heavy atom. The highest BCUT2D eigenvalue weighted by molar-refractivity contribution is 5.77. The lowest BCUT2D eigenvalue weighted by Crippen LogP contribution is -2.21. The predicted molar refractivity (Wildman–Crippen MR) is 141 cm³/mol. The van der Waals surface area contributed by atoms with Gasteiger partial charge in [0.05, 0.1) is 19.4 Å². The number of hydrogen-bond donors (Lipinski definition) is 0. The molecule has 0 heterocycles. The molecule has 0 saturated heterocycles. The van der Waals surface area contributed by atoms with Crippen molar-refractivity contribution in [3.63, 3.8) is 0 Å². The first-order chi connectivity index (χ1) is 16.8. The lowest BCUT2D eigenvalue weighted by atomic mass is 10.1.